The van der Waals surface area contributed by atoms with Gasteiger partial charge in [-0.25, -0.2) is 0 Å². The van der Waals surface area contributed by atoms with Crippen molar-refractivity contribution in [1.29, 1.82) is 0 Å². The van der Waals surface area contributed by atoms with Gasteiger partial charge in [0.1, 0.15) is 0 Å². The normalized spacial score (nSPS) is 10.4. The molecule has 14 heavy (non-hydrogen) atoms. The first-order valence-corrected chi connectivity index (χ1v) is 5.78. The van der Waals surface area contributed by atoms with Crippen molar-refractivity contribution in [3.8, 4) is 0 Å². The summed E-state index contributed by atoms with van der Waals surface area (Å²) in [6, 6.07) is 10.5. The van der Waals surface area contributed by atoms with Crippen molar-refractivity contribution in [3.63, 3.8) is 0 Å². The van der Waals surface area contributed by atoms with E-state index in [4.69, 9.17) is 0 Å². The van der Waals surface area contributed by atoms with Crippen LogP contribution in [0.5, 0.6) is 0 Å². The van der Waals surface area contributed by atoms with E-state index in [0.29, 0.717) is 0 Å². The average molecular weight is 188 g/mol. The molecule has 0 heteroatoms. The van der Waals surface area contributed by atoms with Crippen LogP contribution in [0.15, 0.2) is 12.1 Å². The summed E-state index contributed by atoms with van der Waals surface area (Å²) in [5, 5.41) is 0. The van der Waals surface area contributed by atoms with E-state index in [2.05, 4.69) is 32.0 Å². The van der Waals surface area contributed by atoms with Gasteiger partial charge in [-0.05, 0) is 48.9 Å². The Morgan fingerprint density at radius 1 is 1.07 bits per heavy atom. The molecule has 0 unspecified atom stereocenters. The highest BCUT2D eigenvalue weighted by atomic mass is 14.1. The Morgan fingerprint density at radius 2 is 1.79 bits per heavy atom. The van der Waals surface area contributed by atoms with Crippen molar-refractivity contribution in [2.45, 2.75) is 52.4 Å². The Bertz CT molecular complexity index is 223. The first-order valence-electron chi connectivity index (χ1n) is 5.78. The van der Waals surface area contributed by atoms with Crippen molar-refractivity contribution in [2.75, 3.05) is 0 Å². The first-order chi connectivity index (χ1) is 6.88. The molecule has 0 aliphatic rings. The Morgan fingerprint density at radius 3 is 2.50 bits per heavy atom. The molecule has 1 aromatic rings. The second-order valence-electron chi connectivity index (χ2n) is 3.81. The first kappa shape index (κ1) is 11.3. The maximum absolute atomic E-state index is 3.26. The van der Waals surface area contributed by atoms with Crippen molar-refractivity contribution in [2.24, 2.45) is 0 Å². The van der Waals surface area contributed by atoms with Crippen molar-refractivity contribution in [1.82, 2.24) is 0 Å². The lowest BCUT2D eigenvalue weighted by Crippen LogP contribution is -1.94. The lowest BCUT2D eigenvalue weighted by molar-refractivity contribution is 0.757. The topological polar surface area (TPSA) is 0 Å². The molecule has 0 aliphatic carbocycles. The van der Waals surface area contributed by atoms with Gasteiger partial charge in [-0.1, -0.05) is 38.8 Å². The molecule has 0 spiro atoms. The van der Waals surface area contributed by atoms with Gasteiger partial charge >= 0.3 is 0 Å². The lowest BCUT2D eigenvalue weighted by atomic mass is 9.98. The third-order valence-corrected chi connectivity index (χ3v) is 2.56. The van der Waals surface area contributed by atoms with Crippen LogP contribution in [0.1, 0.15) is 50.7 Å². The zero-order valence-electron chi connectivity index (χ0n) is 9.40. The summed E-state index contributed by atoms with van der Waals surface area (Å²) in [4.78, 5) is 0. The quantitative estimate of drug-likeness (QED) is 0.633. The summed E-state index contributed by atoms with van der Waals surface area (Å²) >= 11 is 0. The molecule has 1 rings (SSSR count). The molecular weight excluding hydrogens is 168 g/mol. The van der Waals surface area contributed by atoms with Gasteiger partial charge in [0.25, 0.3) is 0 Å². The molecule has 0 bridgehead atoms. The van der Waals surface area contributed by atoms with Gasteiger partial charge in [0.2, 0.25) is 0 Å². The highest BCUT2D eigenvalue weighted by Gasteiger charge is 2.00. The Balaban J connectivity index is 2.60. The van der Waals surface area contributed by atoms with Gasteiger partial charge in [-0.15, -0.1) is 0 Å². The number of unbranched alkanes of at least 4 members (excludes halogenated alkanes) is 2. The largest absolute Gasteiger partial charge is 0.0654 e. The molecule has 0 fully saturated rings. The van der Waals surface area contributed by atoms with Crippen LogP contribution < -0.4 is 0 Å². The van der Waals surface area contributed by atoms with Gasteiger partial charge in [0.05, 0.1) is 0 Å². The number of benzene rings is 1. The van der Waals surface area contributed by atoms with E-state index in [1.807, 2.05) is 6.07 Å². The number of hydrogen-bond donors (Lipinski definition) is 0. The third kappa shape index (κ3) is 3.53. The number of aryl methyl sites for hydroxylation is 2. The molecule has 2 radical (unpaired) electrons. The van der Waals surface area contributed by atoms with Gasteiger partial charge in [0, 0.05) is 0 Å². The molecule has 0 saturated heterocycles. The monoisotopic (exact) mass is 188 g/mol. The summed E-state index contributed by atoms with van der Waals surface area (Å²) in [5.41, 5.74) is 2.88. The molecule has 0 aromatic heterocycles. The van der Waals surface area contributed by atoms with Crippen LogP contribution in [-0.2, 0) is 12.8 Å². The van der Waals surface area contributed by atoms with E-state index >= 15 is 0 Å². The SMILES string of the molecule is CCCCc1[c][c]ccc1CCCC. The van der Waals surface area contributed by atoms with E-state index in [0.717, 1.165) is 0 Å². The predicted molar refractivity (Wildman–Crippen MR) is 61.3 cm³/mol. The maximum atomic E-state index is 3.26. The van der Waals surface area contributed by atoms with E-state index in [1.165, 1.54) is 49.7 Å². The lowest BCUT2D eigenvalue weighted by Gasteiger charge is -2.07. The third-order valence-electron chi connectivity index (χ3n) is 2.56. The fourth-order valence-electron chi connectivity index (χ4n) is 1.63. The van der Waals surface area contributed by atoms with Crippen molar-refractivity contribution in [3.05, 3.63) is 35.4 Å². The molecule has 0 aliphatic heterocycles. The van der Waals surface area contributed by atoms with Gasteiger partial charge in [0.15, 0.2) is 0 Å². The van der Waals surface area contributed by atoms with Gasteiger partial charge < -0.3 is 0 Å². The van der Waals surface area contributed by atoms with E-state index in [1.54, 1.807) is 0 Å². The van der Waals surface area contributed by atoms with Crippen LogP contribution in [0.4, 0.5) is 0 Å². The summed E-state index contributed by atoms with van der Waals surface area (Å²) in [5.74, 6) is 0. The van der Waals surface area contributed by atoms with Crippen molar-refractivity contribution >= 4 is 0 Å². The van der Waals surface area contributed by atoms with E-state index in [-0.39, 0.29) is 0 Å². The van der Waals surface area contributed by atoms with Crippen LogP contribution in [0.25, 0.3) is 0 Å². The second kappa shape index (κ2) is 6.64. The molecular formula is C14H20. The van der Waals surface area contributed by atoms with Crippen LogP contribution >= 0.6 is 0 Å². The number of rotatable bonds is 6. The fourth-order valence-corrected chi connectivity index (χ4v) is 1.63. The zero-order chi connectivity index (χ0) is 10.2. The molecule has 0 heterocycles. The molecule has 0 amide bonds. The number of hydrogen-bond acceptors (Lipinski definition) is 0. The Kier molecular flexibility index (Phi) is 5.36. The second-order valence-corrected chi connectivity index (χ2v) is 3.81. The summed E-state index contributed by atoms with van der Waals surface area (Å²) in [6.07, 6.45) is 7.47. The molecule has 0 nitrogen and oxygen atoms in total. The summed E-state index contributed by atoms with van der Waals surface area (Å²) < 4.78 is 0. The highest BCUT2D eigenvalue weighted by molar-refractivity contribution is 5.25. The highest BCUT2D eigenvalue weighted by Crippen LogP contribution is 2.13. The maximum Gasteiger partial charge on any atom is -0.00612 e. The van der Waals surface area contributed by atoms with Crippen LogP contribution in [0.3, 0.4) is 0 Å². The van der Waals surface area contributed by atoms with Gasteiger partial charge in [-0.2, -0.15) is 0 Å². The smallest absolute Gasteiger partial charge is 0.00612 e. The summed E-state index contributed by atoms with van der Waals surface area (Å²) in [6.45, 7) is 4.48. The van der Waals surface area contributed by atoms with E-state index < -0.39 is 0 Å². The molecule has 0 N–H and O–H groups in total. The molecule has 1 aromatic carbocycles. The van der Waals surface area contributed by atoms with Crippen LogP contribution in [0, 0.1) is 12.1 Å². The molecule has 0 saturated carbocycles. The minimum Gasteiger partial charge on any atom is -0.0654 e. The van der Waals surface area contributed by atoms with Crippen LogP contribution in [-0.4, -0.2) is 0 Å². The average Bonchev–Trinajstić information content (AvgIpc) is 2.24. The molecule has 76 valence electrons. The predicted octanol–water partition coefficient (Wildman–Crippen LogP) is 3.97. The minimum atomic E-state index is 1.17. The zero-order valence-corrected chi connectivity index (χ0v) is 9.40. The molecule has 0 atom stereocenters. The summed E-state index contributed by atoms with van der Waals surface area (Å²) in [7, 11) is 0. The van der Waals surface area contributed by atoms with Crippen molar-refractivity contribution < 1.29 is 0 Å². The minimum absolute atomic E-state index is 1.17. The standard InChI is InChI=1S/C14H20/c1-3-5-9-13-11-7-8-12-14(13)10-6-4-2/h7,11H,3-6,9-10H2,1-2H3. The van der Waals surface area contributed by atoms with E-state index in [9.17, 15) is 0 Å². The fraction of sp³-hybridized carbons (Fsp3) is 0.571. The Hall–Kier alpha value is -0.780. The van der Waals surface area contributed by atoms with Gasteiger partial charge in [-0.3, -0.25) is 0 Å². The Labute approximate surface area is 88.4 Å². The van der Waals surface area contributed by atoms with Crippen LogP contribution in [0.2, 0.25) is 0 Å².